The highest BCUT2D eigenvalue weighted by Crippen LogP contribution is 2.37. The van der Waals surface area contributed by atoms with Crippen molar-refractivity contribution in [2.75, 3.05) is 33.0 Å². The Morgan fingerprint density at radius 2 is 0.880 bits per heavy atom. The van der Waals surface area contributed by atoms with Crippen LogP contribution in [0.2, 0.25) is 15.5 Å². The molecule has 6 aromatic carbocycles. The molecule has 384 valence electrons. The first kappa shape index (κ1) is 54.0. The predicted octanol–water partition coefficient (Wildman–Crippen LogP) is 10.1. The Balaban J connectivity index is 0.000000169. The summed E-state index contributed by atoms with van der Waals surface area (Å²) in [6.45, 7) is 3.05. The Bertz CT molecular complexity index is 3270. The topological polar surface area (TPSA) is 167 Å². The summed E-state index contributed by atoms with van der Waals surface area (Å²) in [6.07, 6.45) is 1.09. The van der Waals surface area contributed by atoms with E-state index in [4.69, 9.17) is 59.5 Å². The third kappa shape index (κ3) is 13.6. The molecule has 2 fully saturated rings. The van der Waals surface area contributed by atoms with Gasteiger partial charge < -0.3 is 24.7 Å². The lowest BCUT2D eigenvalue weighted by atomic mass is 9.75. The molecule has 0 spiro atoms. The van der Waals surface area contributed by atoms with Gasteiger partial charge in [0.2, 0.25) is 0 Å². The maximum absolute atomic E-state index is 13.7. The lowest BCUT2D eigenvalue weighted by Gasteiger charge is -2.42. The van der Waals surface area contributed by atoms with Crippen LogP contribution in [0.25, 0.3) is 22.5 Å². The highest BCUT2D eigenvalue weighted by molar-refractivity contribution is 6.34. The van der Waals surface area contributed by atoms with Gasteiger partial charge in [-0.3, -0.25) is 28.3 Å². The average molecular weight is 1070 g/mol. The molecule has 0 aliphatic carbocycles. The summed E-state index contributed by atoms with van der Waals surface area (Å²) in [7, 11) is 0. The van der Waals surface area contributed by atoms with Crippen LogP contribution < -0.4 is 16.9 Å². The first-order valence-corrected chi connectivity index (χ1v) is 25.3. The molecule has 4 heterocycles. The summed E-state index contributed by atoms with van der Waals surface area (Å²) in [4.78, 5) is 59.6. The van der Waals surface area contributed by atoms with E-state index >= 15 is 0 Å². The van der Waals surface area contributed by atoms with Crippen molar-refractivity contribution in [3.05, 3.63) is 246 Å². The molecule has 2 N–H and O–H groups in total. The van der Waals surface area contributed by atoms with Crippen molar-refractivity contribution in [1.82, 2.24) is 19.1 Å². The molecular formula is C59H54Cl3N5O8. The standard InChI is InChI=1S/C30H27ClN2O4.C19H14Cl2N2O3.C10H13NO/c31-28-27(23-12-6-2-7-13-23)33(18-26(34)37-19-22-10-4-1-5-11-22)29(35)25(32-28)16-17-30(20-36-21-30)24-14-8-3-9-15-24;20-17-16(14-9-5-2-6-10-14)23(19(25)18(21)22-17)11-15(24)26-12-13-7-3-1-4-8-13;11-6-10(7-12-8-10)9-4-2-1-3-5-9/h1-15H,16-21H2;1-10H,11-12H2;1-5H,6-8,11H2. The summed E-state index contributed by atoms with van der Waals surface area (Å²) in [6, 6.07) is 57.4. The van der Waals surface area contributed by atoms with E-state index in [1.54, 1.807) is 24.3 Å². The van der Waals surface area contributed by atoms with Crippen LogP contribution in [0, 0.1) is 0 Å². The fourth-order valence-corrected chi connectivity index (χ4v) is 9.47. The van der Waals surface area contributed by atoms with Crippen LogP contribution in [0.5, 0.6) is 0 Å². The molecule has 8 aromatic rings. The average Bonchev–Trinajstić information content (AvgIpc) is 3.42. The van der Waals surface area contributed by atoms with Gasteiger partial charge in [0, 0.05) is 23.1 Å². The van der Waals surface area contributed by atoms with E-state index in [9.17, 15) is 19.2 Å². The maximum Gasteiger partial charge on any atom is 0.326 e. The number of hydrogen-bond acceptors (Lipinski definition) is 11. The molecule has 2 aromatic heterocycles. The van der Waals surface area contributed by atoms with Gasteiger partial charge in [-0.1, -0.05) is 217 Å². The molecule has 2 aliphatic heterocycles. The SMILES string of the molecule is NCC1(c2ccccc2)COC1.O=C(Cn1c(-c2ccccc2)c(Cl)nc(CCC2(c3ccccc3)COC2)c1=O)OCc1ccccc1.O=C(Cn1c(-c2ccccc2)c(Cl)nc(Cl)c1=O)OCc1ccccc1. The number of esters is 2. The molecule has 13 nitrogen and oxygen atoms in total. The molecule has 0 unspecified atom stereocenters. The van der Waals surface area contributed by atoms with Crippen LogP contribution in [0.4, 0.5) is 0 Å². The van der Waals surface area contributed by atoms with Crippen molar-refractivity contribution in [2.24, 2.45) is 5.73 Å². The van der Waals surface area contributed by atoms with Crippen LogP contribution in [-0.4, -0.2) is 64.0 Å². The molecule has 2 saturated heterocycles. The van der Waals surface area contributed by atoms with Crippen LogP contribution in [0.1, 0.15) is 34.4 Å². The smallest absolute Gasteiger partial charge is 0.326 e. The minimum atomic E-state index is -0.605. The quantitative estimate of drug-likeness (QED) is 0.0915. The summed E-state index contributed by atoms with van der Waals surface area (Å²) in [5.74, 6) is -1.10. The third-order valence-corrected chi connectivity index (χ3v) is 13.7. The van der Waals surface area contributed by atoms with Crippen molar-refractivity contribution >= 4 is 46.7 Å². The van der Waals surface area contributed by atoms with E-state index in [1.807, 2.05) is 133 Å². The maximum atomic E-state index is 13.7. The van der Waals surface area contributed by atoms with E-state index in [1.165, 1.54) is 20.3 Å². The second-order valence-electron chi connectivity index (χ2n) is 18.0. The summed E-state index contributed by atoms with van der Waals surface area (Å²) < 4.78 is 24.1. The highest BCUT2D eigenvalue weighted by Gasteiger charge is 2.40. The Kier molecular flexibility index (Phi) is 18.6. The number of halogens is 3. The zero-order valence-corrected chi connectivity index (χ0v) is 43.1. The van der Waals surface area contributed by atoms with E-state index in [0.29, 0.717) is 60.8 Å². The normalized spacial score (nSPS) is 13.8. The first-order chi connectivity index (χ1) is 36.5. The third-order valence-electron chi connectivity index (χ3n) is 12.9. The zero-order valence-electron chi connectivity index (χ0n) is 40.9. The van der Waals surface area contributed by atoms with Gasteiger partial charge in [0.15, 0.2) is 15.5 Å². The fraction of sp³-hybridized carbons (Fsp3) is 0.220. The molecule has 10 rings (SSSR count). The Labute approximate surface area is 449 Å². The summed E-state index contributed by atoms with van der Waals surface area (Å²) in [5.41, 5.74) is 11.3. The van der Waals surface area contributed by atoms with Crippen molar-refractivity contribution < 1.29 is 28.5 Å². The van der Waals surface area contributed by atoms with Crippen LogP contribution in [-0.2, 0) is 72.1 Å². The summed E-state index contributed by atoms with van der Waals surface area (Å²) >= 11 is 18.7. The molecule has 2 aliphatic rings. The van der Waals surface area contributed by atoms with Gasteiger partial charge in [0.25, 0.3) is 11.1 Å². The summed E-state index contributed by atoms with van der Waals surface area (Å²) in [5, 5.41) is -0.0857. The van der Waals surface area contributed by atoms with Crippen LogP contribution in [0.3, 0.4) is 0 Å². The molecule has 16 heteroatoms. The molecule has 0 saturated carbocycles. The van der Waals surface area contributed by atoms with E-state index in [-0.39, 0.29) is 58.2 Å². The van der Waals surface area contributed by atoms with Crippen LogP contribution >= 0.6 is 34.8 Å². The predicted molar refractivity (Wildman–Crippen MR) is 291 cm³/mol. The minimum absolute atomic E-state index is 0.0386. The molecule has 75 heavy (non-hydrogen) atoms. The minimum Gasteiger partial charge on any atom is -0.459 e. The second-order valence-corrected chi connectivity index (χ2v) is 19.1. The molecule has 0 radical (unpaired) electrons. The van der Waals surface area contributed by atoms with Gasteiger partial charge >= 0.3 is 11.9 Å². The number of nitrogens with two attached hydrogens (primary N) is 1. The van der Waals surface area contributed by atoms with Crippen molar-refractivity contribution in [1.29, 1.82) is 0 Å². The van der Waals surface area contributed by atoms with Crippen molar-refractivity contribution in [3.63, 3.8) is 0 Å². The highest BCUT2D eigenvalue weighted by atomic mass is 35.5. The Hall–Kier alpha value is -7.23. The Morgan fingerprint density at radius 1 is 0.507 bits per heavy atom. The van der Waals surface area contributed by atoms with Gasteiger partial charge in [0.05, 0.1) is 43.2 Å². The lowest BCUT2D eigenvalue weighted by molar-refractivity contribution is -0.146. The number of nitrogens with zero attached hydrogens (tertiary/aromatic N) is 4. The fourth-order valence-electron chi connectivity index (χ4n) is 8.63. The van der Waals surface area contributed by atoms with Crippen molar-refractivity contribution in [3.8, 4) is 22.5 Å². The van der Waals surface area contributed by atoms with Gasteiger partial charge in [-0.15, -0.1) is 0 Å². The number of hydrogen-bond donors (Lipinski definition) is 1. The van der Waals surface area contributed by atoms with Gasteiger partial charge in [-0.25, -0.2) is 9.97 Å². The number of carbonyl (C=O) groups excluding carboxylic acids is 2. The van der Waals surface area contributed by atoms with E-state index in [2.05, 4.69) is 34.2 Å². The molecular weight excluding hydrogens is 1010 g/mol. The number of carbonyl (C=O) groups is 2. The largest absolute Gasteiger partial charge is 0.459 e. The molecule has 0 atom stereocenters. The molecule has 0 amide bonds. The van der Waals surface area contributed by atoms with Gasteiger partial charge in [0.1, 0.15) is 32.0 Å². The monoisotopic (exact) mass is 1070 g/mol. The number of aromatic nitrogens is 4. The van der Waals surface area contributed by atoms with Gasteiger partial charge in [-0.2, -0.15) is 0 Å². The number of ether oxygens (including phenoxy) is 4. The van der Waals surface area contributed by atoms with E-state index in [0.717, 1.165) is 24.3 Å². The number of aryl methyl sites for hydroxylation is 1. The van der Waals surface area contributed by atoms with Crippen LogP contribution in [0.15, 0.2) is 192 Å². The van der Waals surface area contributed by atoms with Crippen molar-refractivity contribution in [2.45, 2.75) is 50.0 Å². The van der Waals surface area contributed by atoms with Gasteiger partial charge in [-0.05, 0) is 35.1 Å². The van der Waals surface area contributed by atoms with E-state index < -0.39 is 17.5 Å². The second kappa shape index (κ2) is 25.8. The zero-order chi connectivity index (χ0) is 52.6. The molecule has 0 bridgehead atoms. The lowest BCUT2D eigenvalue weighted by Crippen LogP contribution is -2.52. The number of benzene rings is 6. The first-order valence-electron chi connectivity index (χ1n) is 24.2. The Morgan fingerprint density at radius 3 is 1.28 bits per heavy atom. The number of rotatable bonds is 16.